The number of carbonyl (C=O) groups excluding carboxylic acids is 1. The number of carbonyl (C=O) groups is 1. The van der Waals surface area contributed by atoms with Gasteiger partial charge in [-0.1, -0.05) is 34.5 Å². The van der Waals surface area contributed by atoms with Gasteiger partial charge in [-0.05, 0) is 62.7 Å². The lowest BCUT2D eigenvalue weighted by atomic mass is 10.3. The molecule has 0 spiro atoms. The first-order valence-corrected chi connectivity index (χ1v) is 12.4. The molecule has 174 valence electrons. The number of hydrogen-bond acceptors (Lipinski definition) is 6. The van der Waals surface area contributed by atoms with Crippen LogP contribution in [0.2, 0.25) is 10.0 Å². The summed E-state index contributed by atoms with van der Waals surface area (Å²) in [5.41, 5.74) is 0.691. The number of thiazole rings is 1. The molecule has 1 aromatic heterocycles. The number of benzene rings is 2. The largest absolute Gasteiger partial charge is 0.494 e. The third-order valence-electron chi connectivity index (χ3n) is 4.59. The Morgan fingerprint density at radius 1 is 1.12 bits per heavy atom. The number of ether oxygens (including phenoxy) is 1. The maximum atomic E-state index is 13.1. The van der Waals surface area contributed by atoms with Crippen LogP contribution in [0.15, 0.2) is 41.3 Å². The Labute approximate surface area is 213 Å². The van der Waals surface area contributed by atoms with Crippen molar-refractivity contribution in [2.24, 2.45) is 0 Å². The molecule has 0 aliphatic rings. The Morgan fingerprint density at radius 3 is 2.50 bits per heavy atom. The molecule has 0 N–H and O–H groups in total. The number of nitrogens with zero attached hydrogens (tertiary/aromatic N) is 3. The Balaban J connectivity index is 0.00000363. The molecule has 0 bridgehead atoms. The molecule has 0 atom stereocenters. The molecule has 1 amide bonds. The molecule has 0 radical (unpaired) electrons. The molecule has 0 unspecified atom stereocenters. The number of aromatic nitrogens is 1. The number of likely N-dealkylation sites (N-methyl/N-ethyl adjacent to an activating group) is 1. The minimum absolute atomic E-state index is 0. The molecule has 5 nitrogen and oxygen atoms in total. The molecular formula is C22H26Cl3N3O2S2. The Kier molecular flexibility index (Phi) is 10.9. The summed E-state index contributed by atoms with van der Waals surface area (Å²) >= 11 is 15.5. The van der Waals surface area contributed by atoms with E-state index in [2.05, 4.69) is 4.90 Å². The lowest BCUT2D eigenvalue weighted by Crippen LogP contribution is -2.36. The first kappa shape index (κ1) is 27.0. The van der Waals surface area contributed by atoms with Gasteiger partial charge in [0.15, 0.2) is 5.13 Å². The van der Waals surface area contributed by atoms with Crippen LogP contribution in [-0.2, 0) is 4.79 Å². The first-order chi connectivity index (χ1) is 14.9. The number of rotatable bonds is 10. The van der Waals surface area contributed by atoms with Crippen molar-refractivity contribution in [3.05, 3.63) is 46.4 Å². The number of thioether (sulfide) groups is 1. The quantitative estimate of drug-likeness (QED) is 0.219. The van der Waals surface area contributed by atoms with Crippen molar-refractivity contribution in [1.29, 1.82) is 0 Å². The third kappa shape index (κ3) is 7.14. The molecule has 10 heteroatoms. The molecule has 32 heavy (non-hydrogen) atoms. The molecule has 0 fully saturated rings. The topological polar surface area (TPSA) is 45.7 Å². The van der Waals surface area contributed by atoms with Crippen molar-refractivity contribution in [2.75, 3.05) is 44.9 Å². The summed E-state index contributed by atoms with van der Waals surface area (Å²) in [6.07, 6.45) is 1.23. The van der Waals surface area contributed by atoms with Gasteiger partial charge in [0, 0.05) is 29.4 Å². The zero-order chi connectivity index (χ0) is 22.4. The number of hydrogen-bond donors (Lipinski definition) is 0. The van der Waals surface area contributed by atoms with E-state index in [1.54, 1.807) is 35.9 Å². The fourth-order valence-electron chi connectivity index (χ4n) is 2.93. The highest BCUT2D eigenvalue weighted by Crippen LogP contribution is 2.38. The van der Waals surface area contributed by atoms with Gasteiger partial charge in [0.2, 0.25) is 5.91 Å². The molecule has 0 saturated carbocycles. The lowest BCUT2D eigenvalue weighted by Gasteiger charge is -2.22. The van der Waals surface area contributed by atoms with Crippen molar-refractivity contribution in [2.45, 2.75) is 17.7 Å². The first-order valence-electron chi connectivity index (χ1n) is 9.85. The molecule has 3 aromatic rings. The van der Waals surface area contributed by atoms with Crippen LogP contribution >= 0.6 is 58.7 Å². The zero-order valence-electron chi connectivity index (χ0n) is 18.1. The van der Waals surface area contributed by atoms with Crippen LogP contribution in [0.3, 0.4) is 0 Å². The van der Waals surface area contributed by atoms with Crippen LogP contribution in [-0.4, -0.2) is 55.8 Å². The summed E-state index contributed by atoms with van der Waals surface area (Å²) in [7, 11) is 5.59. The van der Waals surface area contributed by atoms with Gasteiger partial charge in [0.05, 0.1) is 16.8 Å². The monoisotopic (exact) mass is 533 g/mol. The molecule has 0 saturated heterocycles. The summed E-state index contributed by atoms with van der Waals surface area (Å²) < 4.78 is 6.26. The number of methoxy groups -OCH3 is 1. The maximum Gasteiger partial charge on any atom is 0.228 e. The van der Waals surface area contributed by atoms with Crippen LogP contribution in [0, 0.1) is 0 Å². The van der Waals surface area contributed by atoms with Gasteiger partial charge in [0.25, 0.3) is 0 Å². The lowest BCUT2D eigenvalue weighted by molar-refractivity contribution is -0.118. The van der Waals surface area contributed by atoms with Crippen molar-refractivity contribution in [3.8, 4) is 5.75 Å². The summed E-state index contributed by atoms with van der Waals surface area (Å²) in [6.45, 7) is 1.31. The van der Waals surface area contributed by atoms with Gasteiger partial charge in [0.1, 0.15) is 11.3 Å². The second-order valence-electron chi connectivity index (χ2n) is 7.18. The van der Waals surface area contributed by atoms with E-state index in [0.717, 1.165) is 33.3 Å². The number of anilines is 1. The van der Waals surface area contributed by atoms with E-state index >= 15 is 0 Å². The van der Waals surface area contributed by atoms with Crippen LogP contribution in [0.5, 0.6) is 5.75 Å². The average Bonchev–Trinajstić information content (AvgIpc) is 3.19. The standard InChI is InChI=1S/C22H25Cl2N3O2S2.ClH/c1-26(2)12-13-27(19(28)5-4-14-30-16-8-6-15(23)7-9-16)22-25-20-18(29-3)11-10-17(24)21(20)31-22;/h6-11H,4-5,12-14H2,1-3H3;1H. The Bertz CT molecular complexity index is 1030. The minimum Gasteiger partial charge on any atom is -0.494 e. The third-order valence-corrected chi connectivity index (χ3v) is 7.48. The fraction of sp³-hybridized carbons (Fsp3) is 0.364. The highest BCUT2D eigenvalue weighted by atomic mass is 35.5. The van der Waals surface area contributed by atoms with Crippen LogP contribution in [0.25, 0.3) is 10.2 Å². The number of halogens is 3. The van der Waals surface area contributed by atoms with E-state index in [0.29, 0.717) is 34.4 Å². The predicted molar refractivity (Wildman–Crippen MR) is 141 cm³/mol. The molecule has 0 aliphatic heterocycles. The number of fused-ring (bicyclic) bond motifs is 1. The molecule has 1 heterocycles. The van der Waals surface area contributed by atoms with Crippen LogP contribution in [0.4, 0.5) is 5.13 Å². The predicted octanol–water partition coefficient (Wildman–Crippen LogP) is 6.50. The van der Waals surface area contributed by atoms with Gasteiger partial charge in [-0.25, -0.2) is 4.98 Å². The van der Waals surface area contributed by atoms with Gasteiger partial charge in [-0.2, -0.15) is 0 Å². The number of amides is 1. The van der Waals surface area contributed by atoms with Crippen molar-refractivity contribution >= 4 is 80.0 Å². The van der Waals surface area contributed by atoms with E-state index in [-0.39, 0.29) is 18.3 Å². The van der Waals surface area contributed by atoms with E-state index in [4.69, 9.17) is 32.9 Å². The van der Waals surface area contributed by atoms with Gasteiger partial charge >= 0.3 is 0 Å². The van der Waals surface area contributed by atoms with Crippen molar-refractivity contribution in [1.82, 2.24) is 9.88 Å². The maximum absolute atomic E-state index is 13.1. The van der Waals surface area contributed by atoms with Crippen LogP contribution in [0.1, 0.15) is 12.8 Å². The second-order valence-corrected chi connectivity index (χ2v) is 10.2. The zero-order valence-corrected chi connectivity index (χ0v) is 22.1. The van der Waals surface area contributed by atoms with E-state index in [9.17, 15) is 4.79 Å². The van der Waals surface area contributed by atoms with E-state index in [1.165, 1.54) is 11.3 Å². The minimum atomic E-state index is 0. The highest BCUT2D eigenvalue weighted by Gasteiger charge is 2.21. The highest BCUT2D eigenvalue weighted by molar-refractivity contribution is 7.99. The van der Waals surface area contributed by atoms with E-state index in [1.807, 2.05) is 38.4 Å². The molecule has 2 aromatic carbocycles. The molecule has 3 rings (SSSR count). The smallest absolute Gasteiger partial charge is 0.228 e. The average molecular weight is 535 g/mol. The SMILES string of the molecule is COc1ccc(Cl)c2sc(N(CCN(C)C)C(=O)CCCSc3ccc(Cl)cc3)nc12.Cl. The van der Waals surface area contributed by atoms with Crippen LogP contribution < -0.4 is 9.64 Å². The summed E-state index contributed by atoms with van der Waals surface area (Å²) in [5.74, 6) is 1.57. The van der Waals surface area contributed by atoms with Gasteiger partial charge in [-0.15, -0.1) is 24.2 Å². The molecular weight excluding hydrogens is 509 g/mol. The van der Waals surface area contributed by atoms with Crippen molar-refractivity contribution in [3.63, 3.8) is 0 Å². The molecule has 0 aliphatic carbocycles. The summed E-state index contributed by atoms with van der Waals surface area (Å²) in [6, 6.07) is 11.3. The van der Waals surface area contributed by atoms with E-state index < -0.39 is 0 Å². The second kappa shape index (κ2) is 12.9. The Hall–Kier alpha value is -1.22. The summed E-state index contributed by atoms with van der Waals surface area (Å²) in [5, 5.41) is 1.99. The fourth-order valence-corrected chi connectivity index (χ4v) is 5.21. The van der Waals surface area contributed by atoms with Gasteiger partial charge in [-0.3, -0.25) is 9.69 Å². The van der Waals surface area contributed by atoms with Crippen molar-refractivity contribution < 1.29 is 9.53 Å². The van der Waals surface area contributed by atoms with Gasteiger partial charge < -0.3 is 9.64 Å². The summed E-state index contributed by atoms with van der Waals surface area (Å²) in [4.78, 5) is 22.8. The normalized spacial score (nSPS) is 10.9. The Morgan fingerprint density at radius 2 is 1.84 bits per heavy atom.